The summed E-state index contributed by atoms with van der Waals surface area (Å²) in [5.41, 5.74) is 0.178. The molecule has 1 aromatic heterocycles. The summed E-state index contributed by atoms with van der Waals surface area (Å²) in [5, 5.41) is 8.98. The van der Waals surface area contributed by atoms with Gasteiger partial charge in [-0.1, -0.05) is 13.8 Å². The summed E-state index contributed by atoms with van der Waals surface area (Å²) in [6.45, 7) is 5.11. The first-order chi connectivity index (χ1) is 8.56. The average molecular weight is 252 g/mol. The second kappa shape index (κ2) is 4.92. The summed E-state index contributed by atoms with van der Waals surface area (Å²) >= 11 is 0. The number of carbonyl (C=O) groups is 1. The Morgan fingerprint density at radius 1 is 1.61 bits per heavy atom. The molecule has 0 aliphatic carbocycles. The van der Waals surface area contributed by atoms with E-state index in [1.54, 1.807) is 6.07 Å². The molecule has 1 atom stereocenters. The van der Waals surface area contributed by atoms with Crippen LogP contribution in [0.15, 0.2) is 6.07 Å². The van der Waals surface area contributed by atoms with Gasteiger partial charge in [-0.05, 0) is 18.8 Å². The smallest absolute Gasteiger partial charge is 0.352 e. The highest BCUT2D eigenvalue weighted by Crippen LogP contribution is 2.35. The Bertz CT molecular complexity index is 437. The molecule has 0 radical (unpaired) electrons. The van der Waals surface area contributed by atoms with Gasteiger partial charge in [0.05, 0.1) is 6.54 Å². The topological polar surface area (TPSA) is 65.6 Å². The molecule has 5 nitrogen and oxygen atoms in total. The number of carboxylic acids is 1. The molecular formula is C13H20N2O3. The minimum atomic E-state index is -0.958. The van der Waals surface area contributed by atoms with Crippen molar-refractivity contribution >= 4 is 11.8 Å². The van der Waals surface area contributed by atoms with E-state index in [1.165, 1.54) is 0 Å². The van der Waals surface area contributed by atoms with Gasteiger partial charge < -0.3 is 19.7 Å². The number of aromatic nitrogens is 1. The molecule has 0 fully saturated rings. The summed E-state index contributed by atoms with van der Waals surface area (Å²) in [6.07, 6.45) is 2.27. The number of rotatable bonds is 4. The van der Waals surface area contributed by atoms with Gasteiger partial charge >= 0.3 is 5.97 Å². The van der Waals surface area contributed by atoms with Crippen molar-refractivity contribution in [3.8, 4) is 5.75 Å². The molecule has 0 saturated heterocycles. The van der Waals surface area contributed by atoms with Crippen LogP contribution in [-0.2, 0) is 0 Å². The zero-order valence-corrected chi connectivity index (χ0v) is 11.1. The van der Waals surface area contributed by atoms with Crippen LogP contribution in [-0.4, -0.2) is 35.8 Å². The van der Waals surface area contributed by atoms with Crippen LogP contribution in [0.2, 0.25) is 0 Å². The highest BCUT2D eigenvalue weighted by Gasteiger charge is 2.30. The van der Waals surface area contributed by atoms with E-state index in [4.69, 9.17) is 9.84 Å². The number of ether oxygens (including phenoxy) is 1. The summed E-state index contributed by atoms with van der Waals surface area (Å²) in [4.78, 5) is 15.9. The van der Waals surface area contributed by atoms with Crippen molar-refractivity contribution in [1.82, 2.24) is 4.98 Å². The van der Waals surface area contributed by atoms with Crippen molar-refractivity contribution < 1.29 is 14.6 Å². The third kappa shape index (κ3) is 2.17. The maximum absolute atomic E-state index is 10.9. The molecule has 0 spiro atoms. The monoisotopic (exact) mass is 252 g/mol. The van der Waals surface area contributed by atoms with E-state index in [0.29, 0.717) is 11.7 Å². The molecule has 1 aliphatic rings. The van der Waals surface area contributed by atoms with Gasteiger partial charge in [0, 0.05) is 13.1 Å². The first-order valence-corrected chi connectivity index (χ1v) is 6.40. The Kier molecular flexibility index (Phi) is 3.50. The Morgan fingerprint density at radius 2 is 2.28 bits per heavy atom. The normalized spacial score (nSPS) is 18.7. The van der Waals surface area contributed by atoms with Crippen molar-refractivity contribution in [2.45, 2.75) is 32.8 Å². The standard InChI is InChI=1S/C13H20N2O3/c1-4-8(5-2)11-7-15(3)12-10(18-11)6-9(14-12)13(16)17/h6,8,11,14H,4-5,7H2,1-3H3,(H,16,17). The first kappa shape index (κ1) is 12.8. The number of likely N-dealkylation sites (N-methyl/N-ethyl adjacent to an activating group) is 1. The highest BCUT2D eigenvalue weighted by molar-refractivity contribution is 5.88. The molecule has 18 heavy (non-hydrogen) atoms. The lowest BCUT2D eigenvalue weighted by atomic mass is 9.95. The zero-order chi connectivity index (χ0) is 13.3. The Labute approximate surface area is 107 Å². The number of anilines is 1. The molecule has 0 saturated carbocycles. The number of hydrogen-bond donors (Lipinski definition) is 2. The van der Waals surface area contributed by atoms with E-state index >= 15 is 0 Å². The second-order valence-electron chi connectivity index (χ2n) is 4.81. The number of fused-ring (bicyclic) bond motifs is 1. The van der Waals surface area contributed by atoms with Gasteiger partial charge in [0.25, 0.3) is 0 Å². The Hall–Kier alpha value is -1.65. The lowest BCUT2D eigenvalue weighted by Gasteiger charge is -2.35. The number of carboxylic acid groups (broad SMARTS) is 1. The van der Waals surface area contributed by atoms with Gasteiger partial charge in [-0.15, -0.1) is 0 Å². The average Bonchev–Trinajstić information content (AvgIpc) is 2.75. The van der Waals surface area contributed by atoms with E-state index in [2.05, 4.69) is 18.8 Å². The van der Waals surface area contributed by atoms with Crippen molar-refractivity contribution in [2.24, 2.45) is 5.92 Å². The van der Waals surface area contributed by atoms with Crippen molar-refractivity contribution in [3.63, 3.8) is 0 Å². The quantitative estimate of drug-likeness (QED) is 0.863. The van der Waals surface area contributed by atoms with Crippen molar-refractivity contribution in [2.75, 3.05) is 18.5 Å². The van der Waals surface area contributed by atoms with Crippen LogP contribution >= 0.6 is 0 Å². The number of nitrogens with zero attached hydrogens (tertiary/aromatic N) is 1. The molecule has 1 aliphatic heterocycles. The van der Waals surface area contributed by atoms with Crippen LogP contribution in [0.3, 0.4) is 0 Å². The number of H-pyrrole nitrogens is 1. The molecule has 2 heterocycles. The number of aromatic carboxylic acids is 1. The molecule has 2 N–H and O–H groups in total. The van der Waals surface area contributed by atoms with Gasteiger partial charge in [0.2, 0.25) is 0 Å². The minimum Gasteiger partial charge on any atom is -0.484 e. The molecule has 0 aromatic carbocycles. The van der Waals surface area contributed by atoms with Gasteiger partial charge in [-0.25, -0.2) is 4.79 Å². The number of aromatic amines is 1. The van der Waals surface area contributed by atoms with Crippen LogP contribution in [0.4, 0.5) is 5.82 Å². The zero-order valence-electron chi connectivity index (χ0n) is 11.1. The maximum atomic E-state index is 10.9. The number of nitrogens with one attached hydrogen (secondary N) is 1. The molecule has 0 amide bonds. The number of hydrogen-bond acceptors (Lipinski definition) is 3. The molecular weight excluding hydrogens is 232 g/mol. The van der Waals surface area contributed by atoms with E-state index in [-0.39, 0.29) is 11.8 Å². The SMILES string of the molecule is CCC(CC)C1CN(C)c2[nH]c(C(=O)O)cc2O1. The Balaban J connectivity index is 2.25. The van der Waals surface area contributed by atoms with Gasteiger partial charge in [0.1, 0.15) is 17.6 Å². The maximum Gasteiger partial charge on any atom is 0.352 e. The molecule has 1 unspecified atom stereocenters. The first-order valence-electron chi connectivity index (χ1n) is 6.40. The minimum absolute atomic E-state index is 0.134. The van der Waals surface area contributed by atoms with E-state index in [9.17, 15) is 4.79 Å². The highest BCUT2D eigenvalue weighted by atomic mass is 16.5. The van der Waals surface area contributed by atoms with Gasteiger partial charge in [0.15, 0.2) is 5.75 Å². The summed E-state index contributed by atoms with van der Waals surface area (Å²) in [6, 6.07) is 1.57. The lowest BCUT2D eigenvalue weighted by Crippen LogP contribution is -2.41. The largest absolute Gasteiger partial charge is 0.484 e. The second-order valence-corrected chi connectivity index (χ2v) is 4.81. The van der Waals surface area contributed by atoms with E-state index in [1.807, 2.05) is 11.9 Å². The molecule has 1 aromatic rings. The van der Waals surface area contributed by atoms with E-state index < -0.39 is 5.97 Å². The van der Waals surface area contributed by atoms with Crippen LogP contribution in [0.25, 0.3) is 0 Å². The summed E-state index contributed by atoms with van der Waals surface area (Å²) in [5.74, 6) is 0.955. The summed E-state index contributed by atoms with van der Waals surface area (Å²) < 4.78 is 5.94. The molecule has 2 rings (SSSR count). The third-order valence-electron chi connectivity index (χ3n) is 3.68. The fourth-order valence-electron chi connectivity index (χ4n) is 2.53. The van der Waals surface area contributed by atoms with Crippen LogP contribution in [0.5, 0.6) is 5.75 Å². The van der Waals surface area contributed by atoms with E-state index in [0.717, 1.165) is 25.2 Å². The third-order valence-corrected chi connectivity index (χ3v) is 3.68. The predicted octanol–water partition coefficient (Wildman–Crippen LogP) is 2.35. The van der Waals surface area contributed by atoms with Crippen molar-refractivity contribution in [3.05, 3.63) is 11.8 Å². The fraction of sp³-hybridized carbons (Fsp3) is 0.615. The fourth-order valence-corrected chi connectivity index (χ4v) is 2.53. The molecule has 100 valence electrons. The van der Waals surface area contributed by atoms with Crippen LogP contribution in [0, 0.1) is 5.92 Å². The lowest BCUT2D eigenvalue weighted by molar-refractivity contribution is 0.0691. The Morgan fingerprint density at radius 3 is 2.83 bits per heavy atom. The van der Waals surface area contributed by atoms with Gasteiger partial charge in [-0.2, -0.15) is 0 Å². The van der Waals surface area contributed by atoms with Crippen LogP contribution < -0.4 is 9.64 Å². The van der Waals surface area contributed by atoms with Crippen molar-refractivity contribution in [1.29, 1.82) is 0 Å². The predicted molar refractivity (Wildman–Crippen MR) is 69.5 cm³/mol. The molecule has 5 heteroatoms. The summed E-state index contributed by atoms with van der Waals surface area (Å²) in [7, 11) is 1.96. The molecule has 0 bridgehead atoms. The van der Waals surface area contributed by atoms with Crippen LogP contribution in [0.1, 0.15) is 37.2 Å². The van der Waals surface area contributed by atoms with Gasteiger partial charge in [-0.3, -0.25) is 0 Å².